The van der Waals surface area contributed by atoms with Crippen LogP contribution in [0.15, 0.2) is 12.2 Å². The molecule has 0 unspecified atom stereocenters. The first kappa shape index (κ1) is 18.2. The Bertz CT molecular complexity index is 253. The summed E-state index contributed by atoms with van der Waals surface area (Å²) in [6.45, 7) is 14.7. The van der Waals surface area contributed by atoms with E-state index in [2.05, 4.69) is 25.4 Å². The predicted octanol–water partition coefficient (Wildman–Crippen LogP) is 4.01. The molecule has 0 bridgehead atoms. The van der Waals surface area contributed by atoms with Crippen molar-refractivity contribution >= 4 is 5.91 Å². The molecule has 1 amide bonds. The summed E-state index contributed by atoms with van der Waals surface area (Å²) >= 11 is 0. The number of hydrazine groups is 1. The summed E-state index contributed by atoms with van der Waals surface area (Å²) in [5.41, 5.74) is 0.623. The van der Waals surface area contributed by atoms with Crippen LogP contribution in [0.2, 0.25) is 0 Å². The van der Waals surface area contributed by atoms with E-state index in [4.69, 9.17) is 0 Å². The number of likely N-dealkylation sites (N-methyl/N-ethyl adjacent to an activating group) is 1. The van der Waals surface area contributed by atoms with Gasteiger partial charge < -0.3 is 0 Å². The Morgan fingerprint density at radius 3 is 1.74 bits per heavy atom. The van der Waals surface area contributed by atoms with E-state index >= 15 is 0 Å². The van der Waals surface area contributed by atoms with Gasteiger partial charge in [-0.1, -0.05) is 46.1 Å². The lowest BCUT2D eigenvalue weighted by atomic mass is 10.2. The molecule has 3 heteroatoms. The average molecular weight is 268 g/mol. The maximum absolute atomic E-state index is 12.2. The molecule has 0 aromatic rings. The zero-order valence-corrected chi connectivity index (χ0v) is 13.4. The van der Waals surface area contributed by atoms with Crippen LogP contribution in [0.25, 0.3) is 0 Å². The molecule has 0 radical (unpaired) electrons. The summed E-state index contributed by atoms with van der Waals surface area (Å²) in [5, 5.41) is 4.09. The van der Waals surface area contributed by atoms with Crippen LogP contribution in [0.5, 0.6) is 0 Å². The third kappa shape index (κ3) is 7.36. The minimum atomic E-state index is 0.0653. The summed E-state index contributed by atoms with van der Waals surface area (Å²) in [6.07, 6.45) is 7.18. The number of carbonyl (C=O) groups excluding carboxylic acids is 1. The number of nitrogens with zero attached hydrogens (tertiary/aromatic N) is 2. The maximum Gasteiger partial charge on any atom is 0.263 e. The van der Waals surface area contributed by atoms with E-state index in [1.165, 1.54) is 25.7 Å². The fraction of sp³-hybridized carbons (Fsp3) is 0.812. The monoisotopic (exact) mass is 268 g/mol. The zero-order chi connectivity index (χ0) is 14.7. The molecule has 0 rings (SSSR count). The van der Waals surface area contributed by atoms with Crippen molar-refractivity contribution in [1.82, 2.24) is 10.0 Å². The molecule has 0 saturated carbocycles. The summed E-state index contributed by atoms with van der Waals surface area (Å²) < 4.78 is 0. The molecule has 0 atom stereocenters. The zero-order valence-electron chi connectivity index (χ0n) is 13.4. The maximum atomic E-state index is 12.2. The number of amides is 1. The van der Waals surface area contributed by atoms with E-state index in [0.717, 1.165) is 32.5 Å². The molecule has 0 spiro atoms. The number of carbonyl (C=O) groups is 1. The van der Waals surface area contributed by atoms with Gasteiger partial charge in [0, 0.05) is 25.2 Å². The minimum absolute atomic E-state index is 0.0653. The van der Waals surface area contributed by atoms with Crippen molar-refractivity contribution in [2.24, 2.45) is 0 Å². The van der Waals surface area contributed by atoms with Gasteiger partial charge in [0.2, 0.25) is 0 Å². The number of hydrogen-bond acceptors (Lipinski definition) is 2. The third-order valence-corrected chi connectivity index (χ3v) is 3.28. The largest absolute Gasteiger partial charge is 0.272 e. The number of unbranched alkanes of at least 4 members (excludes halogenated alkanes) is 4. The Kier molecular flexibility index (Phi) is 10.6. The summed E-state index contributed by atoms with van der Waals surface area (Å²) in [7, 11) is 0. The van der Waals surface area contributed by atoms with E-state index in [-0.39, 0.29) is 5.91 Å². The SMILES string of the molecule is C=C(C)C(=O)N(CC)N(CCCCC)CCCCC. The Balaban J connectivity index is 4.55. The van der Waals surface area contributed by atoms with Gasteiger partial charge in [0.1, 0.15) is 0 Å². The highest BCUT2D eigenvalue weighted by atomic mass is 16.2. The van der Waals surface area contributed by atoms with Gasteiger partial charge in [0.05, 0.1) is 0 Å². The molecule has 0 aliphatic rings. The van der Waals surface area contributed by atoms with Crippen LogP contribution in [0, 0.1) is 0 Å². The van der Waals surface area contributed by atoms with E-state index < -0.39 is 0 Å². The van der Waals surface area contributed by atoms with Crippen molar-refractivity contribution in [1.29, 1.82) is 0 Å². The second-order valence-electron chi connectivity index (χ2n) is 5.17. The molecular weight excluding hydrogens is 236 g/mol. The van der Waals surface area contributed by atoms with Gasteiger partial charge in [0.25, 0.3) is 5.91 Å². The standard InChI is InChI=1S/C16H32N2O/c1-6-9-11-13-17(14-12-10-7-2)18(8-3)16(19)15(4)5/h4,6-14H2,1-3,5H3. The lowest BCUT2D eigenvalue weighted by Gasteiger charge is -2.34. The van der Waals surface area contributed by atoms with E-state index in [1.807, 2.05) is 11.9 Å². The fourth-order valence-electron chi connectivity index (χ4n) is 2.13. The average Bonchev–Trinajstić information content (AvgIpc) is 2.39. The molecular formula is C16H32N2O. The Morgan fingerprint density at radius 1 is 0.947 bits per heavy atom. The van der Waals surface area contributed by atoms with Gasteiger partial charge in [-0.2, -0.15) is 0 Å². The summed E-state index contributed by atoms with van der Waals surface area (Å²) in [5.74, 6) is 0.0653. The van der Waals surface area contributed by atoms with E-state index in [1.54, 1.807) is 6.92 Å². The van der Waals surface area contributed by atoms with Crippen molar-refractivity contribution in [3.63, 3.8) is 0 Å². The fourth-order valence-corrected chi connectivity index (χ4v) is 2.13. The molecule has 0 aliphatic heterocycles. The third-order valence-electron chi connectivity index (χ3n) is 3.28. The molecule has 0 aromatic heterocycles. The highest BCUT2D eigenvalue weighted by Gasteiger charge is 2.19. The lowest BCUT2D eigenvalue weighted by Crippen LogP contribution is -2.47. The molecule has 0 saturated heterocycles. The smallest absolute Gasteiger partial charge is 0.263 e. The van der Waals surface area contributed by atoms with Gasteiger partial charge in [-0.25, -0.2) is 5.01 Å². The van der Waals surface area contributed by atoms with Crippen LogP contribution < -0.4 is 0 Å². The summed E-state index contributed by atoms with van der Waals surface area (Å²) in [6, 6.07) is 0. The Labute approximate surface area is 119 Å². The molecule has 0 heterocycles. The van der Waals surface area contributed by atoms with Crippen LogP contribution in [-0.4, -0.2) is 35.6 Å². The van der Waals surface area contributed by atoms with Crippen LogP contribution in [0.4, 0.5) is 0 Å². The minimum Gasteiger partial charge on any atom is -0.272 e. The second kappa shape index (κ2) is 11.0. The van der Waals surface area contributed by atoms with Gasteiger partial charge in [-0.15, -0.1) is 0 Å². The quantitative estimate of drug-likeness (QED) is 0.321. The molecule has 3 nitrogen and oxygen atoms in total. The van der Waals surface area contributed by atoms with Crippen LogP contribution in [0.1, 0.15) is 66.2 Å². The predicted molar refractivity (Wildman–Crippen MR) is 82.8 cm³/mol. The Morgan fingerprint density at radius 2 is 1.42 bits per heavy atom. The summed E-state index contributed by atoms with van der Waals surface area (Å²) in [4.78, 5) is 12.2. The highest BCUT2D eigenvalue weighted by molar-refractivity contribution is 5.91. The van der Waals surface area contributed by atoms with Crippen LogP contribution in [-0.2, 0) is 4.79 Å². The Hall–Kier alpha value is -0.830. The van der Waals surface area contributed by atoms with Crippen molar-refractivity contribution in [2.45, 2.75) is 66.2 Å². The molecule has 19 heavy (non-hydrogen) atoms. The van der Waals surface area contributed by atoms with Gasteiger partial charge in [-0.05, 0) is 26.7 Å². The first-order valence-electron chi connectivity index (χ1n) is 7.80. The second-order valence-corrected chi connectivity index (χ2v) is 5.17. The molecule has 0 fully saturated rings. The van der Waals surface area contributed by atoms with Crippen molar-refractivity contribution in [3.8, 4) is 0 Å². The van der Waals surface area contributed by atoms with Crippen molar-refractivity contribution in [2.75, 3.05) is 19.6 Å². The van der Waals surface area contributed by atoms with Gasteiger partial charge in [0.15, 0.2) is 0 Å². The van der Waals surface area contributed by atoms with Crippen LogP contribution in [0.3, 0.4) is 0 Å². The van der Waals surface area contributed by atoms with Crippen LogP contribution >= 0.6 is 0 Å². The first-order chi connectivity index (χ1) is 9.08. The normalized spacial score (nSPS) is 10.8. The topological polar surface area (TPSA) is 23.6 Å². The number of rotatable bonds is 11. The van der Waals surface area contributed by atoms with E-state index in [9.17, 15) is 4.79 Å². The van der Waals surface area contributed by atoms with Gasteiger partial charge in [-0.3, -0.25) is 9.80 Å². The molecule has 112 valence electrons. The molecule has 0 aliphatic carbocycles. The molecule has 0 aromatic carbocycles. The van der Waals surface area contributed by atoms with Crippen molar-refractivity contribution < 1.29 is 4.79 Å². The van der Waals surface area contributed by atoms with Gasteiger partial charge >= 0.3 is 0 Å². The number of hydrogen-bond donors (Lipinski definition) is 0. The lowest BCUT2D eigenvalue weighted by molar-refractivity contribution is -0.144. The van der Waals surface area contributed by atoms with Crippen molar-refractivity contribution in [3.05, 3.63) is 12.2 Å². The highest BCUT2D eigenvalue weighted by Crippen LogP contribution is 2.09. The van der Waals surface area contributed by atoms with E-state index in [0.29, 0.717) is 5.57 Å². The first-order valence-corrected chi connectivity index (χ1v) is 7.80. The molecule has 0 N–H and O–H groups in total.